The van der Waals surface area contributed by atoms with Gasteiger partial charge in [0, 0.05) is 49.5 Å². The fourth-order valence-electron chi connectivity index (χ4n) is 4.81. The van der Waals surface area contributed by atoms with Crippen LogP contribution in [0.1, 0.15) is 50.3 Å². The Morgan fingerprint density at radius 3 is 2.54 bits per heavy atom. The van der Waals surface area contributed by atoms with Crippen LogP contribution in [0.4, 0.5) is 4.39 Å². The molecule has 2 aromatic rings. The zero-order valence-electron chi connectivity index (χ0n) is 16.4. The van der Waals surface area contributed by atoms with Crippen LogP contribution in [-0.2, 0) is 0 Å². The molecule has 1 saturated heterocycles. The lowest BCUT2D eigenvalue weighted by Crippen LogP contribution is -2.59. The van der Waals surface area contributed by atoms with Gasteiger partial charge in [-0.05, 0) is 26.0 Å². The number of halogens is 1. The highest BCUT2D eigenvalue weighted by Crippen LogP contribution is 2.50. The Balaban J connectivity index is 1.55. The van der Waals surface area contributed by atoms with Crippen LogP contribution in [0, 0.1) is 5.82 Å². The van der Waals surface area contributed by atoms with Crippen LogP contribution in [0.5, 0.6) is 5.75 Å². The molecule has 2 aromatic carbocycles. The van der Waals surface area contributed by atoms with Crippen molar-refractivity contribution in [3.8, 4) is 5.75 Å². The van der Waals surface area contributed by atoms with Crippen LogP contribution in [0.25, 0.3) is 0 Å². The van der Waals surface area contributed by atoms with E-state index in [1.165, 1.54) is 6.07 Å². The number of ether oxygens (including phenoxy) is 1. The Morgan fingerprint density at radius 1 is 1.07 bits per heavy atom. The van der Waals surface area contributed by atoms with Crippen LogP contribution < -0.4 is 4.74 Å². The highest BCUT2D eigenvalue weighted by atomic mass is 19.1. The first kappa shape index (κ1) is 17.7. The molecular formula is C23H26FN3O. The number of hydrazone groups is 1. The van der Waals surface area contributed by atoms with Gasteiger partial charge >= 0.3 is 0 Å². The van der Waals surface area contributed by atoms with E-state index in [2.05, 4.69) is 35.9 Å². The van der Waals surface area contributed by atoms with E-state index in [9.17, 15) is 4.39 Å². The molecule has 0 bridgehead atoms. The largest absolute Gasteiger partial charge is 0.466 e. The average molecular weight is 379 g/mol. The smallest absolute Gasteiger partial charge is 0.200 e. The molecule has 1 fully saturated rings. The minimum atomic E-state index is -0.447. The lowest BCUT2D eigenvalue weighted by Gasteiger charge is -2.51. The quantitative estimate of drug-likeness (QED) is 0.765. The maximum atomic E-state index is 14.5. The first-order valence-corrected chi connectivity index (χ1v) is 10.2. The number of benzene rings is 2. The van der Waals surface area contributed by atoms with Gasteiger partial charge < -0.3 is 9.64 Å². The Kier molecular flexibility index (Phi) is 4.16. The second-order valence-electron chi connectivity index (χ2n) is 8.31. The summed E-state index contributed by atoms with van der Waals surface area (Å²) in [6.45, 7) is 6.44. The minimum Gasteiger partial charge on any atom is -0.466 e. The topological polar surface area (TPSA) is 28.1 Å². The van der Waals surface area contributed by atoms with E-state index in [1.807, 2.05) is 24.3 Å². The fourth-order valence-corrected chi connectivity index (χ4v) is 4.81. The van der Waals surface area contributed by atoms with Gasteiger partial charge in [0.15, 0.2) is 0 Å². The van der Waals surface area contributed by atoms with Gasteiger partial charge in [-0.25, -0.2) is 9.40 Å². The van der Waals surface area contributed by atoms with Crippen LogP contribution in [0.15, 0.2) is 53.6 Å². The number of para-hydroxylation sites is 1. The lowest BCUT2D eigenvalue weighted by molar-refractivity contribution is -0.152. The van der Waals surface area contributed by atoms with Crippen molar-refractivity contribution in [3.05, 3.63) is 65.5 Å². The molecular weight excluding hydrogens is 353 g/mol. The molecule has 0 amide bonds. The normalized spacial score (nSPS) is 23.4. The second-order valence-corrected chi connectivity index (χ2v) is 8.31. The number of fused-ring (bicyclic) bond motifs is 4. The molecule has 0 aliphatic carbocycles. The van der Waals surface area contributed by atoms with Crippen molar-refractivity contribution in [1.29, 1.82) is 0 Å². The summed E-state index contributed by atoms with van der Waals surface area (Å²) < 4.78 is 21.1. The highest BCUT2D eigenvalue weighted by molar-refractivity contribution is 6.02. The van der Waals surface area contributed by atoms with Gasteiger partial charge in [0.25, 0.3) is 0 Å². The van der Waals surface area contributed by atoms with Crippen molar-refractivity contribution in [3.63, 3.8) is 0 Å². The molecule has 1 atom stereocenters. The van der Waals surface area contributed by atoms with Crippen LogP contribution in [0.2, 0.25) is 0 Å². The van der Waals surface area contributed by atoms with Crippen molar-refractivity contribution in [2.24, 2.45) is 5.10 Å². The molecule has 5 heteroatoms. The van der Waals surface area contributed by atoms with E-state index < -0.39 is 5.72 Å². The molecule has 0 saturated carbocycles. The van der Waals surface area contributed by atoms with E-state index >= 15 is 0 Å². The van der Waals surface area contributed by atoms with Crippen molar-refractivity contribution < 1.29 is 9.13 Å². The van der Waals surface area contributed by atoms with Gasteiger partial charge in [0.1, 0.15) is 11.6 Å². The number of hydrogen-bond acceptors (Lipinski definition) is 4. The molecule has 3 aliphatic heterocycles. The number of rotatable bonds is 2. The summed E-state index contributed by atoms with van der Waals surface area (Å²) in [6, 6.07) is 15.8. The molecule has 0 radical (unpaired) electrons. The van der Waals surface area contributed by atoms with Gasteiger partial charge in [0.2, 0.25) is 5.72 Å². The Labute approximate surface area is 165 Å². The third kappa shape index (κ3) is 2.72. The summed E-state index contributed by atoms with van der Waals surface area (Å²) in [4.78, 5) is 2.49. The summed E-state index contributed by atoms with van der Waals surface area (Å²) in [6.07, 6.45) is 2.49. The number of likely N-dealkylation sites (tertiary alicyclic amines) is 1. The third-order valence-electron chi connectivity index (χ3n) is 6.40. The van der Waals surface area contributed by atoms with Crippen LogP contribution in [-0.4, -0.2) is 40.5 Å². The van der Waals surface area contributed by atoms with Gasteiger partial charge in [0.05, 0.1) is 11.8 Å². The second kappa shape index (κ2) is 6.59. The summed E-state index contributed by atoms with van der Waals surface area (Å²) in [5.74, 6) is 0.741. The first-order valence-electron chi connectivity index (χ1n) is 10.2. The average Bonchev–Trinajstić information content (AvgIpc) is 3.15. The monoisotopic (exact) mass is 379 g/mol. The summed E-state index contributed by atoms with van der Waals surface area (Å²) in [5, 5.41) is 7.10. The SMILES string of the molecule is CC(C)N1CCC2(CC1)Oc1ccccc1C1CC(c3ccccc3F)=NN12. The molecule has 4 nitrogen and oxygen atoms in total. The van der Waals surface area contributed by atoms with Crippen molar-refractivity contribution >= 4 is 5.71 Å². The molecule has 3 aliphatic rings. The zero-order valence-corrected chi connectivity index (χ0v) is 16.4. The summed E-state index contributed by atoms with van der Waals surface area (Å²) >= 11 is 0. The third-order valence-corrected chi connectivity index (χ3v) is 6.40. The van der Waals surface area contributed by atoms with Crippen molar-refractivity contribution in [2.45, 2.75) is 50.9 Å². The number of nitrogens with zero attached hydrogens (tertiary/aromatic N) is 3. The van der Waals surface area contributed by atoms with E-state index in [-0.39, 0.29) is 11.9 Å². The van der Waals surface area contributed by atoms with Crippen LogP contribution in [0.3, 0.4) is 0 Å². The van der Waals surface area contributed by atoms with E-state index in [0.717, 1.165) is 43.0 Å². The standard InChI is InChI=1S/C23H26FN3O/c1-16(2)26-13-11-23(12-14-26)27-21(18-8-4-6-10-22(18)28-23)15-20(25-27)17-7-3-5-9-19(17)24/h3-10,16,21H,11-15H2,1-2H3. The van der Waals surface area contributed by atoms with E-state index in [1.54, 1.807) is 6.07 Å². The predicted molar refractivity (Wildman–Crippen MR) is 108 cm³/mol. The van der Waals surface area contributed by atoms with E-state index in [4.69, 9.17) is 9.84 Å². The molecule has 1 spiro atoms. The summed E-state index contributed by atoms with van der Waals surface area (Å²) in [7, 11) is 0. The molecule has 3 heterocycles. The molecule has 5 rings (SSSR count). The van der Waals surface area contributed by atoms with Crippen LogP contribution >= 0.6 is 0 Å². The van der Waals surface area contributed by atoms with Crippen molar-refractivity contribution in [2.75, 3.05) is 13.1 Å². The van der Waals surface area contributed by atoms with Gasteiger partial charge in [-0.1, -0.05) is 36.4 Å². The van der Waals surface area contributed by atoms with Gasteiger partial charge in [-0.2, -0.15) is 5.10 Å². The summed E-state index contributed by atoms with van der Waals surface area (Å²) in [5.41, 5.74) is 2.12. The Hall–Kier alpha value is -2.40. The molecule has 0 aromatic heterocycles. The highest BCUT2D eigenvalue weighted by Gasteiger charge is 2.52. The fraction of sp³-hybridized carbons (Fsp3) is 0.435. The Morgan fingerprint density at radius 2 is 1.79 bits per heavy atom. The molecule has 28 heavy (non-hydrogen) atoms. The first-order chi connectivity index (χ1) is 13.6. The van der Waals surface area contributed by atoms with E-state index in [0.29, 0.717) is 18.0 Å². The minimum absolute atomic E-state index is 0.102. The predicted octanol–water partition coefficient (Wildman–Crippen LogP) is 4.57. The molecule has 0 N–H and O–H groups in total. The maximum Gasteiger partial charge on any atom is 0.200 e. The lowest BCUT2D eigenvalue weighted by atomic mass is 9.90. The molecule has 146 valence electrons. The maximum absolute atomic E-state index is 14.5. The number of piperidine rings is 1. The van der Waals surface area contributed by atoms with Crippen molar-refractivity contribution in [1.82, 2.24) is 9.91 Å². The van der Waals surface area contributed by atoms with Gasteiger partial charge in [-0.15, -0.1) is 0 Å². The molecule has 1 unspecified atom stereocenters. The van der Waals surface area contributed by atoms with Gasteiger partial charge in [-0.3, -0.25) is 0 Å². The Bertz CT molecular complexity index is 918. The zero-order chi connectivity index (χ0) is 19.3. The number of hydrogen-bond donors (Lipinski definition) is 0.